The van der Waals surface area contributed by atoms with E-state index in [-0.39, 0.29) is 37.3 Å². The second-order valence-corrected chi connectivity index (χ2v) is 22.5. The maximum atomic E-state index is 14.8. The minimum Gasteiger partial charge on any atom is -0.459 e. The van der Waals surface area contributed by atoms with E-state index in [0.717, 1.165) is 11.1 Å². The molecule has 3 fully saturated rings. The van der Waals surface area contributed by atoms with Crippen LogP contribution in [-0.2, 0) is 44.5 Å². The number of carbonyl (C=O) groups excluding carboxylic acids is 1. The predicted molar refractivity (Wildman–Crippen MR) is 274 cm³/mol. The van der Waals surface area contributed by atoms with Gasteiger partial charge in [-0.25, -0.2) is 9.07 Å². The van der Waals surface area contributed by atoms with Gasteiger partial charge in [-0.1, -0.05) is 62.3 Å². The number of aliphatic hydroxyl groups excluding tert-OH is 2. The van der Waals surface area contributed by atoms with Gasteiger partial charge in [0.2, 0.25) is 0 Å². The molecular weight excluding hydrogens is 944 g/mol. The Kier molecular flexibility index (Phi) is 21.4. The number of halogens is 1. The standard InChI is InChI=1S/C54H91FN6O12/c1-17-44-54(11,66)48(62)36(7)60(13)29-31(2)26-52(9,65)50(33(4)46(34(5)51(64)72-44)43-27-53(10,68-15)49(63)37(8)71-43)73-45-25-41(24-32(3)70-45)59(12)23-22-40-30-61(58-56-40)42(28-55)47(67-14)39-20-18-38(19-21-39)35(6)57-69-16/h18-21,30-34,36-37,41-50,62-63,65-66H,17,22-29H2,1-16H3/b57-35+/t31-,32-,33+,34-,36-,37+,41+,42-,43-,44-,45+,46?,47-,48-,49+,50-,52-,53-,54-/m1/s1. The summed E-state index contributed by atoms with van der Waals surface area (Å²) < 4.78 is 54.8. The lowest BCUT2D eigenvalue weighted by Gasteiger charge is -2.51. The fourth-order valence-corrected chi connectivity index (χ4v) is 12.1. The van der Waals surface area contributed by atoms with Crippen molar-refractivity contribution in [3.63, 3.8) is 0 Å². The van der Waals surface area contributed by atoms with Crippen LogP contribution < -0.4 is 0 Å². The van der Waals surface area contributed by atoms with E-state index in [0.29, 0.717) is 43.8 Å². The van der Waals surface area contributed by atoms with Gasteiger partial charge >= 0.3 is 5.97 Å². The summed E-state index contributed by atoms with van der Waals surface area (Å²) in [4.78, 5) is 23.8. The molecule has 3 aliphatic rings. The van der Waals surface area contributed by atoms with Crippen molar-refractivity contribution in [3.05, 3.63) is 47.3 Å². The van der Waals surface area contributed by atoms with E-state index in [1.165, 1.54) is 18.7 Å². The summed E-state index contributed by atoms with van der Waals surface area (Å²) in [5.41, 5.74) is -1.26. The van der Waals surface area contributed by atoms with Crippen molar-refractivity contribution in [2.45, 2.75) is 205 Å². The number of rotatable bonds is 16. The molecule has 0 saturated carbocycles. The lowest BCUT2D eigenvalue weighted by Crippen LogP contribution is -2.61. The Morgan fingerprint density at radius 2 is 1.67 bits per heavy atom. The minimum absolute atomic E-state index is 0.00121. The van der Waals surface area contributed by atoms with E-state index in [9.17, 15) is 29.6 Å². The van der Waals surface area contributed by atoms with Crippen LogP contribution in [0, 0.1) is 23.7 Å². The number of benzene rings is 1. The molecular formula is C54H91FN6O12. The Balaban J connectivity index is 1.42. The van der Waals surface area contributed by atoms with Crippen molar-refractivity contribution in [2.24, 2.45) is 28.8 Å². The van der Waals surface area contributed by atoms with Gasteiger partial charge in [-0.2, -0.15) is 0 Å². The Morgan fingerprint density at radius 1 is 1.00 bits per heavy atom. The van der Waals surface area contributed by atoms with Crippen LogP contribution >= 0.6 is 0 Å². The van der Waals surface area contributed by atoms with Crippen LogP contribution in [0.25, 0.3) is 0 Å². The number of ether oxygens (including phenoxy) is 6. The highest BCUT2D eigenvalue weighted by atomic mass is 19.1. The zero-order chi connectivity index (χ0) is 54.3. The van der Waals surface area contributed by atoms with E-state index < -0.39 is 108 Å². The molecule has 18 nitrogen and oxygen atoms in total. The maximum absolute atomic E-state index is 14.8. The number of nitrogens with zero attached hydrogens (tertiary/aromatic N) is 6. The molecule has 1 aromatic carbocycles. The molecule has 1 unspecified atom stereocenters. The fourth-order valence-electron chi connectivity index (χ4n) is 12.1. The number of likely N-dealkylation sites (N-methyl/N-ethyl adjacent to an activating group) is 2. The van der Waals surface area contributed by atoms with E-state index in [1.54, 1.807) is 48.1 Å². The van der Waals surface area contributed by atoms with Gasteiger partial charge in [-0.15, -0.1) is 5.10 Å². The SMILES string of the molecule is CC[C@H]1OC(=O)[C@H](C)C([C@H]2C[C@@](C)(OC)[C@@H](O)[C@H](C)O2)[C@H](C)[C@@H](O[C@H]2C[C@@H](N(C)CCc3cn([C@H](CF)[C@H](OC)c4ccc(/C(C)=N/OC)cc4)nn3)C[C@@H](C)O2)[C@](C)(O)C[C@@H](C)CN(C)[C@H](C)[C@@H](O)[C@]1(C)O. The van der Waals surface area contributed by atoms with Crippen molar-refractivity contribution >= 4 is 11.7 Å². The van der Waals surface area contributed by atoms with Gasteiger partial charge in [0.25, 0.3) is 0 Å². The van der Waals surface area contributed by atoms with Crippen molar-refractivity contribution in [3.8, 4) is 0 Å². The first-order valence-corrected chi connectivity index (χ1v) is 26.4. The number of methoxy groups -OCH3 is 2. The Bertz CT molecular complexity index is 2060. The van der Waals surface area contributed by atoms with Crippen LogP contribution in [0.4, 0.5) is 4.39 Å². The summed E-state index contributed by atoms with van der Waals surface area (Å²) in [5, 5.41) is 60.7. The predicted octanol–water partition coefficient (Wildman–Crippen LogP) is 5.68. The molecule has 19 heteroatoms. The fraction of sp³-hybridized carbons (Fsp3) is 0.815. The number of cyclic esters (lactones) is 1. The van der Waals surface area contributed by atoms with Crippen LogP contribution in [0.5, 0.6) is 0 Å². The van der Waals surface area contributed by atoms with Gasteiger partial charge in [-0.05, 0) is 105 Å². The maximum Gasteiger partial charge on any atom is 0.309 e. The molecule has 19 atom stereocenters. The van der Waals surface area contributed by atoms with Gasteiger partial charge in [0.15, 0.2) is 6.29 Å². The summed E-state index contributed by atoms with van der Waals surface area (Å²) >= 11 is 0. The number of aliphatic hydroxyl groups is 4. The second-order valence-electron chi connectivity index (χ2n) is 22.5. The van der Waals surface area contributed by atoms with E-state index in [4.69, 9.17) is 33.3 Å². The zero-order valence-corrected chi connectivity index (χ0v) is 46.6. The number of alkyl halides is 1. The van der Waals surface area contributed by atoms with Crippen molar-refractivity contribution in [1.29, 1.82) is 0 Å². The molecule has 0 radical (unpaired) electrons. The molecule has 1 aromatic heterocycles. The van der Waals surface area contributed by atoms with Crippen LogP contribution in [0.1, 0.15) is 137 Å². The lowest BCUT2D eigenvalue weighted by molar-refractivity contribution is -0.275. The summed E-state index contributed by atoms with van der Waals surface area (Å²) in [7, 11) is 8.51. The van der Waals surface area contributed by atoms with Crippen LogP contribution in [-0.4, -0.2) is 190 Å². The topological polar surface area (TPSA) is 212 Å². The highest BCUT2D eigenvalue weighted by Gasteiger charge is 2.54. The molecule has 73 heavy (non-hydrogen) atoms. The summed E-state index contributed by atoms with van der Waals surface area (Å²) in [6.07, 6.45) is -2.91. The lowest BCUT2D eigenvalue weighted by atomic mass is 9.68. The third-order valence-electron chi connectivity index (χ3n) is 16.6. The van der Waals surface area contributed by atoms with E-state index >= 15 is 0 Å². The Labute approximate surface area is 434 Å². The second kappa shape index (κ2) is 25.8. The number of hydrogen-bond acceptors (Lipinski definition) is 17. The number of aromatic nitrogens is 3. The zero-order valence-electron chi connectivity index (χ0n) is 46.6. The van der Waals surface area contributed by atoms with Crippen molar-refractivity contribution in [1.82, 2.24) is 24.8 Å². The molecule has 4 N–H and O–H groups in total. The first-order chi connectivity index (χ1) is 34.3. The smallest absolute Gasteiger partial charge is 0.309 e. The third-order valence-corrected chi connectivity index (χ3v) is 16.6. The molecule has 3 saturated heterocycles. The summed E-state index contributed by atoms with van der Waals surface area (Å²) in [5.74, 6) is -2.86. The van der Waals surface area contributed by atoms with Gasteiger partial charge in [0.1, 0.15) is 49.8 Å². The Hall–Kier alpha value is -3.21. The van der Waals surface area contributed by atoms with Crippen LogP contribution in [0.3, 0.4) is 0 Å². The quantitative estimate of drug-likeness (QED) is 0.0906. The average molecular weight is 1040 g/mol. The van der Waals surface area contributed by atoms with Gasteiger partial charge in [0, 0.05) is 70.8 Å². The molecule has 0 amide bonds. The van der Waals surface area contributed by atoms with Crippen LogP contribution in [0.15, 0.2) is 35.6 Å². The molecule has 0 bridgehead atoms. The van der Waals surface area contributed by atoms with Gasteiger partial charge in [-0.3, -0.25) is 4.79 Å². The molecule has 416 valence electrons. The largest absolute Gasteiger partial charge is 0.459 e. The van der Waals surface area contributed by atoms with Gasteiger partial charge < -0.3 is 63.5 Å². The minimum atomic E-state index is -1.80. The third kappa shape index (κ3) is 14.2. The highest BCUT2D eigenvalue weighted by Crippen LogP contribution is 2.45. The first kappa shape index (κ1) is 60.7. The summed E-state index contributed by atoms with van der Waals surface area (Å²) in [6.45, 7) is 20.5. The number of esters is 1. The average Bonchev–Trinajstić information content (AvgIpc) is 3.82. The molecule has 0 aliphatic carbocycles. The summed E-state index contributed by atoms with van der Waals surface area (Å²) in [6, 6.07) is 6.26. The number of hydrogen-bond donors (Lipinski definition) is 4. The molecule has 2 aromatic rings. The molecule has 0 spiro atoms. The molecule has 5 rings (SSSR count). The first-order valence-electron chi connectivity index (χ1n) is 26.4. The van der Waals surface area contributed by atoms with Gasteiger partial charge in [0.05, 0.1) is 52.9 Å². The monoisotopic (exact) mass is 1030 g/mol. The number of oxime groups is 1. The van der Waals surface area contributed by atoms with Crippen LogP contribution in [0.2, 0.25) is 0 Å². The Morgan fingerprint density at radius 3 is 2.27 bits per heavy atom. The number of carbonyl (C=O) groups is 1. The van der Waals surface area contributed by atoms with E-state index in [1.807, 2.05) is 84.8 Å². The van der Waals surface area contributed by atoms with E-state index in [2.05, 4.69) is 20.4 Å². The van der Waals surface area contributed by atoms with Crippen molar-refractivity contribution < 1.29 is 62.9 Å². The highest BCUT2D eigenvalue weighted by molar-refractivity contribution is 5.98. The normalized spacial score (nSPS) is 38.8. The molecule has 4 heterocycles. The molecule has 3 aliphatic heterocycles. The van der Waals surface area contributed by atoms with Crippen molar-refractivity contribution in [2.75, 3.05) is 55.2 Å².